The highest BCUT2D eigenvalue weighted by atomic mass is 16.3. The molecule has 1 unspecified atom stereocenters. The topological polar surface area (TPSA) is 35.5 Å². The summed E-state index contributed by atoms with van der Waals surface area (Å²) in [7, 11) is 2.24. The van der Waals surface area contributed by atoms with E-state index in [4.69, 9.17) is 0 Å². The molecular formula is C15H28N2O. The average Bonchev–Trinajstić information content (AvgIpc) is 3.12. The minimum Gasteiger partial charge on any atom is -0.394 e. The van der Waals surface area contributed by atoms with E-state index in [1.807, 2.05) is 0 Å². The molecule has 3 aliphatic carbocycles. The quantitative estimate of drug-likeness (QED) is 0.689. The third-order valence-electron chi connectivity index (χ3n) is 5.06. The van der Waals surface area contributed by atoms with Gasteiger partial charge in [0.2, 0.25) is 0 Å². The first-order chi connectivity index (χ1) is 8.72. The molecule has 3 heteroatoms. The first-order valence-corrected chi connectivity index (χ1v) is 7.79. The van der Waals surface area contributed by atoms with Crippen LogP contribution < -0.4 is 5.32 Å². The summed E-state index contributed by atoms with van der Waals surface area (Å²) in [5, 5.41) is 13.7. The number of nitrogens with one attached hydrogen (secondary N) is 1. The molecule has 3 rings (SSSR count). The second-order valence-corrected chi connectivity index (χ2v) is 7.00. The molecule has 0 aromatic heterocycles. The summed E-state index contributed by atoms with van der Waals surface area (Å²) in [5.41, 5.74) is -0.000334. The van der Waals surface area contributed by atoms with Crippen LogP contribution in [0.2, 0.25) is 0 Å². The van der Waals surface area contributed by atoms with E-state index in [0.29, 0.717) is 18.6 Å². The number of hydrogen-bond acceptors (Lipinski definition) is 3. The van der Waals surface area contributed by atoms with Crippen LogP contribution in [0.4, 0.5) is 0 Å². The Hall–Kier alpha value is -0.120. The van der Waals surface area contributed by atoms with Crippen LogP contribution in [0.15, 0.2) is 0 Å². The summed E-state index contributed by atoms with van der Waals surface area (Å²) >= 11 is 0. The molecule has 3 nitrogen and oxygen atoms in total. The van der Waals surface area contributed by atoms with Crippen LogP contribution in [0.3, 0.4) is 0 Å². The predicted octanol–water partition coefficient (Wildman–Crippen LogP) is 1.61. The maximum Gasteiger partial charge on any atom is 0.0628 e. The summed E-state index contributed by atoms with van der Waals surface area (Å²) < 4.78 is 0. The fourth-order valence-corrected chi connectivity index (χ4v) is 3.45. The van der Waals surface area contributed by atoms with Crippen molar-refractivity contribution in [1.82, 2.24) is 10.2 Å². The first-order valence-electron chi connectivity index (χ1n) is 7.79. The van der Waals surface area contributed by atoms with Gasteiger partial charge in [-0.2, -0.15) is 0 Å². The second-order valence-electron chi connectivity index (χ2n) is 7.00. The Balaban J connectivity index is 1.56. The molecule has 1 atom stereocenters. The number of aliphatic hydroxyl groups excluding tert-OH is 1. The lowest BCUT2D eigenvalue weighted by molar-refractivity contribution is 0.0852. The van der Waals surface area contributed by atoms with Gasteiger partial charge in [0.1, 0.15) is 0 Å². The third-order valence-corrected chi connectivity index (χ3v) is 5.06. The number of hydrogen-bond donors (Lipinski definition) is 2. The van der Waals surface area contributed by atoms with Gasteiger partial charge >= 0.3 is 0 Å². The van der Waals surface area contributed by atoms with Crippen molar-refractivity contribution in [2.45, 2.75) is 56.5 Å². The second kappa shape index (κ2) is 5.10. The lowest BCUT2D eigenvalue weighted by atomic mass is 9.84. The van der Waals surface area contributed by atoms with E-state index in [-0.39, 0.29) is 5.54 Å². The smallest absolute Gasteiger partial charge is 0.0628 e. The van der Waals surface area contributed by atoms with Gasteiger partial charge in [0.15, 0.2) is 0 Å². The normalized spacial score (nSPS) is 28.2. The lowest BCUT2D eigenvalue weighted by Gasteiger charge is -2.39. The highest BCUT2D eigenvalue weighted by Crippen LogP contribution is 2.42. The van der Waals surface area contributed by atoms with E-state index >= 15 is 0 Å². The molecule has 0 aromatic carbocycles. The summed E-state index contributed by atoms with van der Waals surface area (Å²) in [6.45, 7) is 2.56. The Labute approximate surface area is 111 Å². The average molecular weight is 252 g/mol. The van der Waals surface area contributed by atoms with Crippen molar-refractivity contribution in [2.24, 2.45) is 11.8 Å². The first kappa shape index (κ1) is 12.9. The van der Waals surface area contributed by atoms with Gasteiger partial charge in [-0.3, -0.25) is 0 Å². The van der Waals surface area contributed by atoms with Gasteiger partial charge in [-0.25, -0.2) is 0 Å². The Bertz CT molecular complexity index is 284. The lowest BCUT2D eigenvalue weighted by Crippen LogP contribution is -2.58. The molecule has 0 aliphatic heterocycles. The Morgan fingerprint density at radius 1 is 1.17 bits per heavy atom. The Morgan fingerprint density at radius 3 is 2.33 bits per heavy atom. The highest BCUT2D eigenvalue weighted by Gasteiger charge is 2.47. The van der Waals surface area contributed by atoms with E-state index in [0.717, 1.165) is 12.5 Å². The summed E-state index contributed by atoms with van der Waals surface area (Å²) in [5.74, 6) is 1.64. The van der Waals surface area contributed by atoms with Gasteiger partial charge < -0.3 is 15.3 Å². The monoisotopic (exact) mass is 252 g/mol. The molecule has 0 amide bonds. The van der Waals surface area contributed by atoms with Crippen LogP contribution in [0.25, 0.3) is 0 Å². The molecule has 3 saturated carbocycles. The van der Waals surface area contributed by atoms with Gasteiger partial charge in [-0.05, 0) is 57.4 Å². The molecule has 0 heterocycles. The van der Waals surface area contributed by atoms with Gasteiger partial charge in [0.05, 0.1) is 12.1 Å². The number of rotatable bonds is 8. The zero-order valence-corrected chi connectivity index (χ0v) is 11.7. The van der Waals surface area contributed by atoms with E-state index in [1.165, 1.54) is 51.5 Å². The summed E-state index contributed by atoms with van der Waals surface area (Å²) in [6.07, 6.45) is 9.47. The zero-order chi connectivity index (χ0) is 12.6. The van der Waals surface area contributed by atoms with Crippen LogP contribution in [0, 0.1) is 11.8 Å². The molecule has 0 saturated heterocycles. The van der Waals surface area contributed by atoms with E-state index < -0.39 is 0 Å². The predicted molar refractivity (Wildman–Crippen MR) is 73.5 cm³/mol. The van der Waals surface area contributed by atoms with Crippen molar-refractivity contribution in [3.63, 3.8) is 0 Å². The van der Waals surface area contributed by atoms with E-state index in [2.05, 4.69) is 17.3 Å². The number of likely N-dealkylation sites (N-methyl/N-ethyl adjacent to an activating group) is 1. The fourth-order valence-electron chi connectivity index (χ4n) is 3.45. The molecule has 2 N–H and O–H groups in total. The summed E-state index contributed by atoms with van der Waals surface area (Å²) in [4.78, 5) is 2.47. The van der Waals surface area contributed by atoms with Crippen molar-refractivity contribution in [1.29, 1.82) is 0 Å². The van der Waals surface area contributed by atoms with E-state index in [1.54, 1.807) is 0 Å². The molecule has 18 heavy (non-hydrogen) atoms. The van der Waals surface area contributed by atoms with Crippen molar-refractivity contribution in [3.05, 3.63) is 0 Å². The minimum atomic E-state index is -0.000334. The van der Waals surface area contributed by atoms with Crippen LogP contribution in [-0.4, -0.2) is 48.3 Å². The molecule has 0 radical (unpaired) electrons. The van der Waals surface area contributed by atoms with Crippen LogP contribution >= 0.6 is 0 Å². The van der Waals surface area contributed by atoms with Crippen LogP contribution in [0.5, 0.6) is 0 Å². The van der Waals surface area contributed by atoms with Crippen LogP contribution in [0.1, 0.15) is 44.9 Å². The van der Waals surface area contributed by atoms with Crippen molar-refractivity contribution in [2.75, 3.05) is 26.7 Å². The van der Waals surface area contributed by atoms with Crippen molar-refractivity contribution in [3.8, 4) is 0 Å². The molecule has 0 aromatic rings. The number of nitrogens with zero attached hydrogens (tertiary/aromatic N) is 1. The van der Waals surface area contributed by atoms with Gasteiger partial charge in [-0.1, -0.05) is 6.42 Å². The molecule has 3 fully saturated rings. The van der Waals surface area contributed by atoms with Gasteiger partial charge in [0.25, 0.3) is 0 Å². The molecular weight excluding hydrogens is 224 g/mol. The fraction of sp³-hybridized carbons (Fsp3) is 1.00. The zero-order valence-electron chi connectivity index (χ0n) is 11.7. The third kappa shape index (κ3) is 2.89. The largest absolute Gasteiger partial charge is 0.394 e. The molecule has 3 aliphatic rings. The molecule has 0 bridgehead atoms. The Morgan fingerprint density at radius 2 is 1.89 bits per heavy atom. The van der Waals surface area contributed by atoms with E-state index in [9.17, 15) is 5.11 Å². The molecule has 0 spiro atoms. The van der Waals surface area contributed by atoms with Crippen molar-refractivity contribution < 1.29 is 5.11 Å². The van der Waals surface area contributed by atoms with Gasteiger partial charge in [-0.15, -0.1) is 0 Å². The SMILES string of the molecule is CN(CC1CCC1)CC(CO)(NC1CC1)C1CC1. The van der Waals surface area contributed by atoms with Crippen LogP contribution in [-0.2, 0) is 0 Å². The summed E-state index contributed by atoms with van der Waals surface area (Å²) in [6, 6.07) is 0.690. The number of aliphatic hydroxyl groups is 1. The Kier molecular flexibility index (Phi) is 3.65. The minimum absolute atomic E-state index is 0.000334. The standard InChI is InChI=1S/C15H28N2O/c1-17(9-12-3-2-4-12)10-15(11-18,13-5-6-13)16-14-7-8-14/h12-14,16,18H,2-11H2,1H3. The van der Waals surface area contributed by atoms with Crippen molar-refractivity contribution >= 4 is 0 Å². The maximum atomic E-state index is 9.93. The van der Waals surface area contributed by atoms with Gasteiger partial charge in [0, 0.05) is 19.1 Å². The highest BCUT2D eigenvalue weighted by molar-refractivity contribution is 5.06. The maximum absolute atomic E-state index is 9.93. The molecule has 104 valence electrons.